The molecule has 6 nitrogen and oxygen atoms in total. The van der Waals surface area contributed by atoms with E-state index in [1.54, 1.807) is 23.7 Å². The highest BCUT2D eigenvalue weighted by Crippen LogP contribution is 2.22. The average molecular weight is 290 g/mol. The number of hydrogen-bond donors (Lipinski definition) is 1. The van der Waals surface area contributed by atoms with Crippen molar-refractivity contribution in [3.05, 3.63) is 0 Å². The van der Waals surface area contributed by atoms with Crippen LogP contribution in [0.15, 0.2) is 0 Å². The molecule has 0 aliphatic carbocycles. The SMILES string of the molecule is COC1CC(C(=O)O)N(C(=O)N(C)C(C)CSC)C1. The van der Waals surface area contributed by atoms with Gasteiger partial charge in [0.2, 0.25) is 0 Å². The first kappa shape index (κ1) is 16.1. The first-order valence-corrected chi connectivity index (χ1v) is 7.59. The Balaban J connectivity index is 2.76. The van der Waals surface area contributed by atoms with Crippen LogP contribution < -0.4 is 0 Å². The van der Waals surface area contributed by atoms with Crippen LogP contribution in [0.1, 0.15) is 13.3 Å². The van der Waals surface area contributed by atoms with Crippen molar-refractivity contribution in [2.24, 2.45) is 0 Å². The lowest BCUT2D eigenvalue weighted by Crippen LogP contribution is -2.50. The van der Waals surface area contributed by atoms with Crippen LogP contribution in [0, 0.1) is 0 Å². The topological polar surface area (TPSA) is 70.1 Å². The summed E-state index contributed by atoms with van der Waals surface area (Å²) in [5.74, 6) is -0.152. The number of methoxy groups -OCH3 is 1. The number of thioether (sulfide) groups is 1. The lowest BCUT2D eigenvalue weighted by atomic mass is 10.2. The molecule has 7 heteroatoms. The summed E-state index contributed by atoms with van der Waals surface area (Å²) >= 11 is 1.66. The number of hydrogen-bond acceptors (Lipinski definition) is 4. The van der Waals surface area contributed by atoms with Crippen molar-refractivity contribution in [2.45, 2.75) is 31.5 Å². The Morgan fingerprint density at radius 2 is 2.21 bits per heavy atom. The molecule has 0 aromatic heterocycles. The van der Waals surface area contributed by atoms with Gasteiger partial charge in [-0.25, -0.2) is 9.59 Å². The molecule has 1 saturated heterocycles. The number of carboxylic acid groups (broad SMARTS) is 1. The highest BCUT2D eigenvalue weighted by atomic mass is 32.2. The molecule has 0 aromatic rings. The van der Waals surface area contributed by atoms with E-state index in [2.05, 4.69) is 0 Å². The second-order valence-corrected chi connectivity index (χ2v) is 5.71. The minimum absolute atomic E-state index is 0.0681. The molecule has 0 radical (unpaired) electrons. The van der Waals surface area contributed by atoms with Gasteiger partial charge in [-0.15, -0.1) is 0 Å². The van der Waals surface area contributed by atoms with Gasteiger partial charge in [0.1, 0.15) is 6.04 Å². The van der Waals surface area contributed by atoms with E-state index in [9.17, 15) is 14.7 Å². The molecule has 0 spiro atoms. The molecule has 0 aromatic carbocycles. The maximum atomic E-state index is 12.4. The lowest BCUT2D eigenvalue weighted by molar-refractivity contribution is -0.141. The summed E-state index contributed by atoms with van der Waals surface area (Å²) in [6.07, 6.45) is 2.13. The van der Waals surface area contributed by atoms with Crippen LogP contribution in [0.4, 0.5) is 4.79 Å². The Labute approximate surface area is 118 Å². The van der Waals surface area contributed by atoms with Crippen LogP contribution in [0.3, 0.4) is 0 Å². The molecule has 2 amide bonds. The summed E-state index contributed by atoms with van der Waals surface area (Å²) in [5.41, 5.74) is 0. The highest BCUT2D eigenvalue weighted by Gasteiger charge is 2.41. The van der Waals surface area contributed by atoms with Gasteiger partial charge in [-0.2, -0.15) is 11.8 Å². The number of ether oxygens (including phenoxy) is 1. The number of likely N-dealkylation sites (tertiary alicyclic amines) is 1. The fourth-order valence-corrected chi connectivity index (χ4v) is 2.86. The standard InChI is InChI=1S/C12H22N2O4S/c1-8(7-19-4)13(2)12(17)14-6-9(18-3)5-10(14)11(15)16/h8-10H,5-7H2,1-4H3,(H,15,16). The van der Waals surface area contributed by atoms with E-state index in [-0.39, 0.29) is 18.2 Å². The predicted octanol–water partition coefficient (Wildman–Crippen LogP) is 0.964. The highest BCUT2D eigenvalue weighted by molar-refractivity contribution is 7.98. The van der Waals surface area contributed by atoms with Crippen molar-refractivity contribution < 1.29 is 19.4 Å². The number of aliphatic carboxylic acids is 1. The normalized spacial score (nSPS) is 24.3. The van der Waals surface area contributed by atoms with E-state index in [0.29, 0.717) is 13.0 Å². The van der Waals surface area contributed by atoms with Crippen molar-refractivity contribution in [3.8, 4) is 0 Å². The molecule has 1 aliphatic rings. The van der Waals surface area contributed by atoms with Gasteiger partial charge in [0.05, 0.1) is 6.10 Å². The number of rotatable bonds is 5. The smallest absolute Gasteiger partial charge is 0.326 e. The van der Waals surface area contributed by atoms with Gasteiger partial charge < -0.3 is 19.6 Å². The summed E-state index contributed by atoms with van der Waals surface area (Å²) in [7, 11) is 3.25. The van der Waals surface area contributed by atoms with Crippen LogP contribution >= 0.6 is 11.8 Å². The number of carboxylic acids is 1. The molecular weight excluding hydrogens is 268 g/mol. The minimum Gasteiger partial charge on any atom is -0.480 e. The Morgan fingerprint density at radius 1 is 1.58 bits per heavy atom. The summed E-state index contributed by atoms with van der Waals surface area (Å²) in [6.45, 7) is 2.29. The van der Waals surface area contributed by atoms with Crippen LogP contribution in [0.25, 0.3) is 0 Å². The molecule has 0 bridgehead atoms. The Kier molecular flexibility index (Phi) is 5.93. The predicted molar refractivity (Wildman–Crippen MR) is 74.5 cm³/mol. The Bertz CT molecular complexity index is 340. The van der Waals surface area contributed by atoms with Crippen molar-refractivity contribution in [2.75, 3.05) is 32.7 Å². The summed E-state index contributed by atoms with van der Waals surface area (Å²) in [6, 6.07) is -0.964. The number of urea groups is 1. The fourth-order valence-electron chi connectivity index (χ4n) is 2.16. The second kappa shape index (κ2) is 7.00. The van der Waals surface area contributed by atoms with Gasteiger partial charge in [-0.3, -0.25) is 0 Å². The fraction of sp³-hybridized carbons (Fsp3) is 0.833. The first-order chi connectivity index (χ1) is 8.92. The van der Waals surface area contributed by atoms with Gasteiger partial charge in [0, 0.05) is 38.9 Å². The number of carbonyl (C=O) groups is 2. The average Bonchev–Trinajstić information content (AvgIpc) is 2.81. The zero-order valence-corrected chi connectivity index (χ0v) is 12.6. The van der Waals surface area contributed by atoms with Crippen LogP contribution in [-0.2, 0) is 9.53 Å². The maximum Gasteiger partial charge on any atom is 0.326 e. The largest absolute Gasteiger partial charge is 0.480 e. The third kappa shape index (κ3) is 3.76. The van der Waals surface area contributed by atoms with E-state index in [1.807, 2.05) is 13.2 Å². The van der Waals surface area contributed by atoms with E-state index < -0.39 is 12.0 Å². The van der Waals surface area contributed by atoms with Crippen molar-refractivity contribution in [1.29, 1.82) is 0 Å². The molecule has 3 atom stereocenters. The van der Waals surface area contributed by atoms with Gasteiger partial charge in [-0.1, -0.05) is 0 Å². The van der Waals surface area contributed by atoms with E-state index >= 15 is 0 Å². The molecule has 1 N–H and O–H groups in total. The Morgan fingerprint density at radius 3 is 2.68 bits per heavy atom. The number of amides is 2. The van der Waals surface area contributed by atoms with Crippen molar-refractivity contribution >= 4 is 23.8 Å². The van der Waals surface area contributed by atoms with Gasteiger partial charge in [-0.05, 0) is 13.2 Å². The van der Waals surface area contributed by atoms with E-state index in [4.69, 9.17) is 4.74 Å². The maximum absolute atomic E-state index is 12.4. The summed E-state index contributed by atoms with van der Waals surface area (Å²) in [5, 5.41) is 9.20. The third-order valence-corrected chi connectivity index (χ3v) is 4.31. The molecule has 3 unspecified atom stereocenters. The molecule has 1 aliphatic heterocycles. The number of carbonyl (C=O) groups excluding carboxylic acids is 1. The number of nitrogens with zero attached hydrogens (tertiary/aromatic N) is 2. The van der Waals surface area contributed by atoms with Crippen LogP contribution in [0.5, 0.6) is 0 Å². The van der Waals surface area contributed by atoms with Crippen LogP contribution in [-0.4, -0.2) is 77.8 Å². The third-order valence-electron chi connectivity index (χ3n) is 3.50. The molecule has 0 saturated carbocycles. The van der Waals surface area contributed by atoms with Gasteiger partial charge in [0.15, 0.2) is 0 Å². The Hall–Kier alpha value is -0.950. The molecule has 1 heterocycles. The summed E-state index contributed by atoms with van der Waals surface area (Å²) < 4.78 is 5.18. The van der Waals surface area contributed by atoms with Crippen molar-refractivity contribution in [1.82, 2.24) is 9.80 Å². The van der Waals surface area contributed by atoms with Crippen molar-refractivity contribution in [3.63, 3.8) is 0 Å². The zero-order chi connectivity index (χ0) is 14.6. The molecule has 1 rings (SSSR count). The quantitative estimate of drug-likeness (QED) is 0.817. The molecule has 1 fully saturated rings. The summed E-state index contributed by atoms with van der Waals surface area (Å²) in [4.78, 5) is 26.6. The lowest BCUT2D eigenvalue weighted by Gasteiger charge is -2.31. The molecular formula is C12H22N2O4S. The zero-order valence-electron chi connectivity index (χ0n) is 11.8. The first-order valence-electron chi connectivity index (χ1n) is 6.20. The van der Waals surface area contributed by atoms with E-state index in [0.717, 1.165) is 5.75 Å². The van der Waals surface area contributed by atoms with E-state index in [1.165, 1.54) is 12.0 Å². The second-order valence-electron chi connectivity index (χ2n) is 4.80. The molecule has 19 heavy (non-hydrogen) atoms. The van der Waals surface area contributed by atoms with Crippen LogP contribution in [0.2, 0.25) is 0 Å². The monoisotopic (exact) mass is 290 g/mol. The van der Waals surface area contributed by atoms with Gasteiger partial charge in [0.25, 0.3) is 0 Å². The van der Waals surface area contributed by atoms with Gasteiger partial charge >= 0.3 is 12.0 Å². The molecule has 110 valence electrons. The minimum atomic E-state index is -0.973.